The van der Waals surface area contributed by atoms with Gasteiger partial charge in [-0.05, 0) is 12.0 Å². The molecule has 1 rings (SSSR count). The normalized spacial score (nSPS) is 14.7. The monoisotopic (exact) mass is 223 g/mol. The molecule has 0 saturated carbocycles. The molecule has 0 radical (unpaired) electrons. The Labute approximate surface area is 97.4 Å². The van der Waals surface area contributed by atoms with Crippen molar-refractivity contribution < 1.29 is 9.84 Å². The molecule has 0 bridgehead atoms. The summed E-state index contributed by atoms with van der Waals surface area (Å²) in [5.41, 5.74) is 0.947. The molecule has 3 nitrogen and oxygen atoms in total. The lowest BCUT2D eigenvalue weighted by molar-refractivity contribution is 0.137. The zero-order valence-electron chi connectivity index (χ0n) is 10.0. The Morgan fingerprint density at radius 3 is 2.56 bits per heavy atom. The molecule has 90 valence electrons. The van der Waals surface area contributed by atoms with E-state index < -0.39 is 6.10 Å². The second-order valence-electron chi connectivity index (χ2n) is 3.90. The highest BCUT2D eigenvalue weighted by molar-refractivity contribution is 5.17. The number of benzene rings is 1. The molecule has 0 aliphatic heterocycles. The number of ether oxygens (including phenoxy) is 1. The molecule has 0 saturated heterocycles. The predicted molar refractivity (Wildman–Crippen MR) is 65.4 cm³/mol. The molecular weight excluding hydrogens is 202 g/mol. The van der Waals surface area contributed by atoms with Crippen molar-refractivity contribution in [1.82, 2.24) is 5.32 Å². The number of nitrogens with one attached hydrogen (secondary N) is 1. The van der Waals surface area contributed by atoms with Crippen LogP contribution in [0.3, 0.4) is 0 Å². The molecule has 2 atom stereocenters. The maximum Gasteiger partial charge on any atom is 0.0914 e. The average molecular weight is 223 g/mol. The summed E-state index contributed by atoms with van der Waals surface area (Å²) in [6.07, 6.45) is 0.544. The standard InChI is InChI=1S/C13H21NO2/c1-3-12(10-16-2)14-9-13(15)11-7-5-4-6-8-11/h4-8,12-15H,3,9-10H2,1-2H3. The molecule has 0 heterocycles. The second kappa shape index (κ2) is 7.39. The minimum atomic E-state index is -0.452. The van der Waals surface area contributed by atoms with E-state index >= 15 is 0 Å². The molecule has 2 N–H and O–H groups in total. The van der Waals surface area contributed by atoms with Gasteiger partial charge in [-0.3, -0.25) is 0 Å². The van der Waals surface area contributed by atoms with Gasteiger partial charge in [0.1, 0.15) is 0 Å². The van der Waals surface area contributed by atoms with Gasteiger partial charge in [0.15, 0.2) is 0 Å². The average Bonchev–Trinajstić information content (AvgIpc) is 2.35. The van der Waals surface area contributed by atoms with Crippen molar-refractivity contribution >= 4 is 0 Å². The Kier molecular flexibility index (Phi) is 6.08. The fourth-order valence-corrected chi connectivity index (χ4v) is 1.59. The summed E-state index contributed by atoms with van der Waals surface area (Å²) in [4.78, 5) is 0. The highest BCUT2D eigenvalue weighted by atomic mass is 16.5. The third-order valence-corrected chi connectivity index (χ3v) is 2.64. The van der Waals surface area contributed by atoms with Gasteiger partial charge in [-0.2, -0.15) is 0 Å². The number of hydrogen-bond donors (Lipinski definition) is 2. The van der Waals surface area contributed by atoms with E-state index in [0.29, 0.717) is 19.2 Å². The zero-order chi connectivity index (χ0) is 11.8. The fraction of sp³-hybridized carbons (Fsp3) is 0.538. The van der Waals surface area contributed by atoms with Crippen molar-refractivity contribution in [2.75, 3.05) is 20.3 Å². The topological polar surface area (TPSA) is 41.5 Å². The number of aliphatic hydroxyl groups is 1. The third kappa shape index (κ3) is 4.31. The smallest absolute Gasteiger partial charge is 0.0914 e. The van der Waals surface area contributed by atoms with Gasteiger partial charge in [-0.25, -0.2) is 0 Å². The minimum absolute atomic E-state index is 0.309. The van der Waals surface area contributed by atoms with Gasteiger partial charge in [0.25, 0.3) is 0 Å². The lowest BCUT2D eigenvalue weighted by atomic mass is 10.1. The highest BCUT2D eigenvalue weighted by Crippen LogP contribution is 2.10. The summed E-state index contributed by atoms with van der Waals surface area (Å²) >= 11 is 0. The number of aliphatic hydroxyl groups excluding tert-OH is 1. The lowest BCUT2D eigenvalue weighted by Gasteiger charge is -2.18. The number of hydrogen-bond acceptors (Lipinski definition) is 3. The van der Waals surface area contributed by atoms with Crippen LogP contribution in [0.5, 0.6) is 0 Å². The summed E-state index contributed by atoms with van der Waals surface area (Å²) in [5.74, 6) is 0. The zero-order valence-corrected chi connectivity index (χ0v) is 10.0. The molecule has 16 heavy (non-hydrogen) atoms. The minimum Gasteiger partial charge on any atom is -0.387 e. The Bertz CT molecular complexity index is 277. The predicted octanol–water partition coefficient (Wildman–Crippen LogP) is 1.73. The maximum atomic E-state index is 9.93. The van der Waals surface area contributed by atoms with Crippen LogP contribution in [0.1, 0.15) is 25.0 Å². The van der Waals surface area contributed by atoms with E-state index in [1.807, 2.05) is 30.3 Å². The van der Waals surface area contributed by atoms with Crippen molar-refractivity contribution in [2.45, 2.75) is 25.5 Å². The van der Waals surface area contributed by atoms with Gasteiger partial charge in [0.2, 0.25) is 0 Å². The molecule has 1 aromatic carbocycles. The lowest BCUT2D eigenvalue weighted by Crippen LogP contribution is -2.35. The van der Waals surface area contributed by atoms with Crippen LogP contribution in [0, 0.1) is 0 Å². The molecule has 0 spiro atoms. The van der Waals surface area contributed by atoms with E-state index in [9.17, 15) is 5.11 Å². The van der Waals surface area contributed by atoms with Crippen molar-refractivity contribution in [3.05, 3.63) is 35.9 Å². The maximum absolute atomic E-state index is 9.93. The fourth-order valence-electron chi connectivity index (χ4n) is 1.59. The summed E-state index contributed by atoms with van der Waals surface area (Å²) in [6, 6.07) is 10.00. The molecular formula is C13H21NO2. The first-order chi connectivity index (χ1) is 7.77. The van der Waals surface area contributed by atoms with Crippen molar-refractivity contribution in [3.8, 4) is 0 Å². The summed E-state index contributed by atoms with van der Waals surface area (Å²) < 4.78 is 5.09. The van der Waals surface area contributed by atoms with Crippen molar-refractivity contribution in [2.24, 2.45) is 0 Å². The van der Waals surface area contributed by atoms with Crippen LogP contribution in [-0.2, 0) is 4.74 Å². The second-order valence-corrected chi connectivity index (χ2v) is 3.90. The van der Waals surface area contributed by atoms with E-state index in [2.05, 4.69) is 12.2 Å². The number of methoxy groups -OCH3 is 1. The first-order valence-corrected chi connectivity index (χ1v) is 5.73. The molecule has 0 fully saturated rings. The quantitative estimate of drug-likeness (QED) is 0.739. The molecule has 0 aliphatic carbocycles. The van der Waals surface area contributed by atoms with Gasteiger partial charge in [0, 0.05) is 19.7 Å². The summed E-state index contributed by atoms with van der Waals surface area (Å²) in [7, 11) is 1.69. The van der Waals surface area contributed by atoms with Gasteiger partial charge in [-0.1, -0.05) is 37.3 Å². The Morgan fingerprint density at radius 1 is 1.31 bits per heavy atom. The van der Waals surface area contributed by atoms with Crippen LogP contribution in [0.4, 0.5) is 0 Å². The third-order valence-electron chi connectivity index (χ3n) is 2.64. The van der Waals surface area contributed by atoms with Crippen LogP contribution in [0.15, 0.2) is 30.3 Å². The van der Waals surface area contributed by atoms with E-state index in [-0.39, 0.29) is 0 Å². The van der Waals surface area contributed by atoms with Crippen molar-refractivity contribution in [1.29, 1.82) is 0 Å². The van der Waals surface area contributed by atoms with Crippen LogP contribution in [0.2, 0.25) is 0 Å². The van der Waals surface area contributed by atoms with Gasteiger partial charge in [0.05, 0.1) is 12.7 Å². The molecule has 1 aromatic rings. The number of rotatable bonds is 7. The van der Waals surface area contributed by atoms with Gasteiger partial charge < -0.3 is 15.2 Å². The first kappa shape index (κ1) is 13.2. The highest BCUT2D eigenvalue weighted by Gasteiger charge is 2.10. The van der Waals surface area contributed by atoms with Crippen LogP contribution < -0.4 is 5.32 Å². The summed E-state index contributed by atoms with van der Waals surface area (Å²) in [5, 5.41) is 13.2. The Hall–Kier alpha value is -0.900. The van der Waals surface area contributed by atoms with Crippen LogP contribution in [-0.4, -0.2) is 31.4 Å². The van der Waals surface area contributed by atoms with Gasteiger partial charge >= 0.3 is 0 Å². The van der Waals surface area contributed by atoms with Crippen molar-refractivity contribution in [3.63, 3.8) is 0 Å². The molecule has 0 aliphatic rings. The van der Waals surface area contributed by atoms with Gasteiger partial charge in [-0.15, -0.1) is 0 Å². The molecule has 0 amide bonds. The largest absolute Gasteiger partial charge is 0.387 e. The van der Waals surface area contributed by atoms with E-state index in [1.165, 1.54) is 0 Å². The molecule has 0 aromatic heterocycles. The molecule has 3 heteroatoms. The Morgan fingerprint density at radius 2 is 2.00 bits per heavy atom. The van der Waals surface area contributed by atoms with E-state index in [4.69, 9.17) is 4.74 Å². The van der Waals surface area contributed by atoms with Crippen LogP contribution >= 0.6 is 0 Å². The molecule has 2 unspecified atom stereocenters. The first-order valence-electron chi connectivity index (χ1n) is 5.73. The SMILES string of the molecule is CCC(COC)NCC(O)c1ccccc1. The Balaban J connectivity index is 2.37. The summed E-state index contributed by atoms with van der Waals surface area (Å²) in [6.45, 7) is 3.34. The van der Waals surface area contributed by atoms with E-state index in [1.54, 1.807) is 7.11 Å². The van der Waals surface area contributed by atoms with E-state index in [0.717, 1.165) is 12.0 Å². The van der Waals surface area contributed by atoms with Crippen LogP contribution in [0.25, 0.3) is 0 Å².